The van der Waals surface area contributed by atoms with E-state index >= 15 is 0 Å². The van der Waals surface area contributed by atoms with E-state index in [9.17, 15) is 5.21 Å². The second-order valence-corrected chi connectivity index (χ2v) is 3.09. The summed E-state index contributed by atoms with van der Waals surface area (Å²) in [5, 5.41) is 20.9. The molecular formula is C10H14NO2. The Morgan fingerprint density at radius 2 is 2.00 bits per heavy atom. The van der Waals surface area contributed by atoms with Gasteiger partial charge in [-0.3, -0.25) is 0 Å². The van der Waals surface area contributed by atoms with Crippen LogP contribution in [0.4, 0.5) is 0 Å². The van der Waals surface area contributed by atoms with Crippen molar-refractivity contribution >= 4 is 0 Å². The van der Waals surface area contributed by atoms with Crippen LogP contribution in [0, 0.1) is 0 Å². The normalized spacial score (nSPS) is 13.2. The zero-order valence-electron chi connectivity index (χ0n) is 7.68. The van der Waals surface area contributed by atoms with E-state index in [1.165, 1.54) is 0 Å². The molecule has 13 heavy (non-hydrogen) atoms. The lowest BCUT2D eigenvalue weighted by molar-refractivity contribution is -0.197. The van der Waals surface area contributed by atoms with Gasteiger partial charge in [-0.15, -0.1) is 10.3 Å². The minimum atomic E-state index is -0.333. The van der Waals surface area contributed by atoms with Gasteiger partial charge in [0.1, 0.15) is 0 Å². The Balaban J connectivity index is 2.50. The van der Waals surface area contributed by atoms with Crippen molar-refractivity contribution in [2.45, 2.75) is 19.5 Å². The van der Waals surface area contributed by atoms with E-state index in [0.29, 0.717) is 6.54 Å². The van der Waals surface area contributed by atoms with Gasteiger partial charge in [0.25, 0.3) is 0 Å². The molecule has 0 aromatic heterocycles. The molecule has 1 N–H and O–H groups in total. The van der Waals surface area contributed by atoms with Crippen molar-refractivity contribution in [1.29, 1.82) is 0 Å². The second kappa shape index (κ2) is 4.97. The fourth-order valence-electron chi connectivity index (χ4n) is 1.01. The van der Waals surface area contributed by atoms with E-state index in [2.05, 4.69) is 0 Å². The molecule has 0 saturated heterocycles. The summed E-state index contributed by atoms with van der Waals surface area (Å²) in [6.07, 6.45) is 0. The maximum Gasteiger partial charge on any atom is 0.0608 e. The van der Waals surface area contributed by atoms with Gasteiger partial charge in [0, 0.05) is 0 Å². The standard InChI is InChI=1S/C10H14NO2/c1-9(8-12)11(13)7-10-5-3-2-4-6-10/h2-6,9,12H,7-8H2,1H3/t9-/m0/s1. The number of hydrogen-bond donors (Lipinski definition) is 1. The van der Waals surface area contributed by atoms with Crippen molar-refractivity contribution in [3.05, 3.63) is 35.9 Å². The molecule has 1 aromatic carbocycles. The van der Waals surface area contributed by atoms with Gasteiger partial charge in [-0.05, 0) is 12.5 Å². The van der Waals surface area contributed by atoms with Crippen LogP contribution in [-0.4, -0.2) is 22.8 Å². The summed E-state index contributed by atoms with van der Waals surface area (Å²) in [7, 11) is 0. The summed E-state index contributed by atoms with van der Waals surface area (Å²) in [5.41, 5.74) is 0.970. The molecule has 3 heteroatoms. The predicted octanol–water partition coefficient (Wildman–Crippen LogP) is 1.21. The molecule has 0 heterocycles. The van der Waals surface area contributed by atoms with E-state index in [1.54, 1.807) is 6.92 Å². The first-order chi connectivity index (χ1) is 6.24. The fraction of sp³-hybridized carbons (Fsp3) is 0.400. The van der Waals surface area contributed by atoms with Gasteiger partial charge >= 0.3 is 0 Å². The third kappa shape index (κ3) is 3.14. The Bertz CT molecular complexity index is 238. The molecule has 1 rings (SSSR count). The minimum absolute atomic E-state index is 0.101. The molecule has 0 unspecified atom stereocenters. The number of nitrogens with zero attached hydrogens (tertiary/aromatic N) is 1. The molecule has 0 aliphatic heterocycles. The smallest absolute Gasteiger partial charge is 0.0608 e. The summed E-state index contributed by atoms with van der Waals surface area (Å²) >= 11 is 0. The molecule has 0 amide bonds. The number of hydroxylamine groups is 2. The summed E-state index contributed by atoms with van der Waals surface area (Å²) in [5.74, 6) is 0. The second-order valence-electron chi connectivity index (χ2n) is 3.09. The van der Waals surface area contributed by atoms with E-state index in [1.807, 2.05) is 30.3 Å². The Morgan fingerprint density at radius 1 is 1.38 bits per heavy atom. The molecule has 0 bridgehead atoms. The van der Waals surface area contributed by atoms with Crippen LogP contribution < -0.4 is 0 Å². The number of aliphatic hydroxyl groups is 1. The molecule has 0 saturated carbocycles. The summed E-state index contributed by atoms with van der Waals surface area (Å²) < 4.78 is 0. The van der Waals surface area contributed by atoms with E-state index in [0.717, 1.165) is 10.6 Å². The van der Waals surface area contributed by atoms with Gasteiger partial charge in [0.2, 0.25) is 0 Å². The number of rotatable bonds is 4. The Morgan fingerprint density at radius 3 is 2.54 bits per heavy atom. The lowest BCUT2D eigenvalue weighted by Crippen LogP contribution is -2.30. The number of hydrogen-bond acceptors (Lipinski definition) is 2. The third-order valence-corrected chi connectivity index (χ3v) is 1.94. The third-order valence-electron chi connectivity index (χ3n) is 1.94. The van der Waals surface area contributed by atoms with Crippen LogP contribution in [0.2, 0.25) is 0 Å². The molecule has 0 aliphatic carbocycles. The van der Waals surface area contributed by atoms with Crippen LogP contribution in [0.3, 0.4) is 0 Å². The Labute approximate surface area is 78.2 Å². The highest BCUT2D eigenvalue weighted by Crippen LogP contribution is 2.05. The van der Waals surface area contributed by atoms with E-state index < -0.39 is 0 Å². The molecule has 1 atom stereocenters. The van der Waals surface area contributed by atoms with Gasteiger partial charge in [-0.2, -0.15) is 0 Å². The first-order valence-electron chi connectivity index (χ1n) is 4.32. The summed E-state index contributed by atoms with van der Waals surface area (Å²) in [6, 6.07) is 9.16. The highest BCUT2D eigenvalue weighted by molar-refractivity contribution is 5.14. The zero-order chi connectivity index (χ0) is 9.68. The van der Waals surface area contributed by atoms with Crippen molar-refractivity contribution < 1.29 is 10.3 Å². The molecule has 1 radical (unpaired) electrons. The predicted molar refractivity (Wildman–Crippen MR) is 49.2 cm³/mol. The molecule has 0 fully saturated rings. The fourth-order valence-corrected chi connectivity index (χ4v) is 1.01. The van der Waals surface area contributed by atoms with Gasteiger partial charge in [0.05, 0.1) is 19.2 Å². The quantitative estimate of drug-likeness (QED) is 0.708. The van der Waals surface area contributed by atoms with Crippen LogP contribution in [0.1, 0.15) is 12.5 Å². The molecule has 0 spiro atoms. The van der Waals surface area contributed by atoms with E-state index in [4.69, 9.17) is 5.11 Å². The zero-order valence-corrected chi connectivity index (χ0v) is 7.68. The highest BCUT2D eigenvalue weighted by Gasteiger charge is 2.11. The molecule has 3 nitrogen and oxygen atoms in total. The summed E-state index contributed by atoms with van der Waals surface area (Å²) in [6.45, 7) is 1.94. The molecule has 71 valence electrons. The van der Waals surface area contributed by atoms with Gasteiger partial charge in [-0.25, -0.2) is 0 Å². The minimum Gasteiger partial charge on any atom is -0.395 e. The van der Waals surface area contributed by atoms with Crippen LogP contribution in [0.15, 0.2) is 30.3 Å². The average molecular weight is 180 g/mol. The van der Waals surface area contributed by atoms with Gasteiger partial charge in [-0.1, -0.05) is 30.3 Å². The van der Waals surface area contributed by atoms with Crippen molar-refractivity contribution in [1.82, 2.24) is 5.06 Å². The van der Waals surface area contributed by atoms with Crippen LogP contribution >= 0.6 is 0 Å². The Hall–Kier alpha value is -0.900. The SMILES string of the molecule is C[C@@H](CO)N([O])Cc1ccccc1. The highest BCUT2D eigenvalue weighted by atomic mass is 16.5. The van der Waals surface area contributed by atoms with Crippen LogP contribution in [0.5, 0.6) is 0 Å². The molecular weight excluding hydrogens is 166 g/mol. The van der Waals surface area contributed by atoms with Gasteiger partial charge < -0.3 is 5.11 Å². The average Bonchev–Trinajstić information content (AvgIpc) is 2.18. The molecule has 0 aliphatic rings. The Kier molecular flexibility index (Phi) is 3.89. The van der Waals surface area contributed by atoms with Crippen LogP contribution in [0.25, 0.3) is 0 Å². The lowest BCUT2D eigenvalue weighted by atomic mass is 10.2. The maximum absolute atomic E-state index is 11.3. The van der Waals surface area contributed by atoms with E-state index in [-0.39, 0.29) is 12.6 Å². The first-order valence-corrected chi connectivity index (χ1v) is 4.32. The van der Waals surface area contributed by atoms with Crippen LogP contribution in [-0.2, 0) is 11.8 Å². The molecule has 1 aromatic rings. The largest absolute Gasteiger partial charge is 0.395 e. The van der Waals surface area contributed by atoms with Crippen molar-refractivity contribution in [2.75, 3.05) is 6.61 Å². The van der Waals surface area contributed by atoms with Crippen molar-refractivity contribution in [3.63, 3.8) is 0 Å². The van der Waals surface area contributed by atoms with Gasteiger partial charge in [0.15, 0.2) is 0 Å². The monoisotopic (exact) mass is 180 g/mol. The topological polar surface area (TPSA) is 43.4 Å². The summed E-state index contributed by atoms with van der Waals surface area (Å²) in [4.78, 5) is 0. The van der Waals surface area contributed by atoms with Crippen molar-refractivity contribution in [3.8, 4) is 0 Å². The maximum atomic E-state index is 11.3. The first kappa shape index (κ1) is 10.2. The number of aliphatic hydroxyl groups excluding tert-OH is 1. The van der Waals surface area contributed by atoms with Crippen molar-refractivity contribution in [2.24, 2.45) is 0 Å². The lowest BCUT2D eigenvalue weighted by Gasteiger charge is -2.17. The number of benzene rings is 1.